The zero-order chi connectivity index (χ0) is 13.6. The van der Waals surface area contributed by atoms with Crippen molar-refractivity contribution in [3.05, 3.63) is 23.3 Å². The largest absolute Gasteiger partial charge is 0.305 e. The van der Waals surface area contributed by atoms with Crippen LogP contribution in [0.4, 0.5) is 0 Å². The van der Waals surface area contributed by atoms with Gasteiger partial charge in [-0.3, -0.25) is 4.90 Å². The molecule has 0 aromatic carbocycles. The summed E-state index contributed by atoms with van der Waals surface area (Å²) in [6.45, 7) is 8.43. The lowest BCUT2D eigenvalue weighted by molar-refractivity contribution is 0.0891. The Hall–Kier alpha value is -0.600. The van der Waals surface area contributed by atoms with Gasteiger partial charge in [-0.05, 0) is 58.5 Å². The molecule has 0 spiro atoms. The Balaban J connectivity index is 0.000000117. The van der Waals surface area contributed by atoms with Gasteiger partial charge in [-0.2, -0.15) is 0 Å². The zero-order valence-electron chi connectivity index (χ0n) is 12.9. The first kappa shape index (κ1) is 13.4. The maximum Gasteiger partial charge on any atom is 0.0321 e. The lowest BCUT2D eigenvalue weighted by Gasteiger charge is -2.41. The van der Waals surface area contributed by atoms with Crippen molar-refractivity contribution in [2.75, 3.05) is 33.7 Å². The molecule has 0 amide bonds. The van der Waals surface area contributed by atoms with Crippen LogP contribution in [0.25, 0.3) is 0 Å². The molecular formula is C17H28N2. The number of allylic oxidation sites excluding steroid dienone is 2. The van der Waals surface area contributed by atoms with Crippen molar-refractivity contribution < 1.29 is 0 Å². The summed E-state index contributed by atoms with van der Waals surface area (Å²) in [5.74, 6) is 2.84. The molecule has 0 radical (unpaired) electrons. The summed E-state index contributed by atoms with van der Waals surface area (Å²) >= 11 is 0. The van der Waals surface area contributed by atoms with Crippen LogP contribution in [0.3, 0.4) is 0 Å². The highest BCUT2D eigenvalue weighted by molar-refractivity contribution is 5.19. The van der Waals surface area contributed by atoms with Crippen LogP contribution >= 0.6 is 0 Å². The van der Waals surface area contributed by atoms with E-state index in [1.807, 2.05) is 0 Å². The van der Waals surface area contributed by atoms with Crippen LogP contribution in [0.1, 0.15) is 26.7 Å². The van der Waals surface area contributed by atoms with Gasteiger partial charge in [0.1, 0.15) is 0 Å². The number of rotatable bonds is 0. The fraction of sp³-hybridized carbons (Fsp3) is 0.765. The minimum atomic E-state index is 0.810. The number of nitrogens with zero attached hydrogens (tertiary/aromatic N) is 2. The molecule has 4 atom stereocenters. The van der Waals surface area contributed by atoms with E-state index < -0.39 is 0 Å². The maximum atomic E-state index is 2.47. The van der Waals surface area contributed by atoms with Crippen molar-refractivity contribution >= 4 is 0 Å². The molecule has 0 saturated carbocycles. The van der Waals surface area contributed by atoms with E-state index in [0.717, 1.165) is 23.8 Å². The standard InChI is InChI=1S/C9H15N.C8H13N/c1-7-3-8-5-10(2)6-9(8)4-7;1-6-3-7-5-9(2)8(7)4-6/h3,8-9H,4-6H2,1-2H3;4,7-8H,3,5H2,1-2H3. The van der Waals surface area contributed by atoms with E-state index in [-0.39, 0.29) is 0 Å². The molecule has 0 N–H and O–H groups in total. The van der Waals surface area contributed by atoms with Gasteiger partial charge in [0.2, 0.25) is 0 Å². The minimum absolute atomic E-state index is 0.810. The fourth-order valence-electron chi connectivity index (χ4n) is 4.41. The average molecular weight is 260 g/mol. The Kier molecular flexibility index (Phi) is 3.57. The minimum Gasteiger partial charge on any atom is -0.305 e. The van der Waals surface area contributed by atoms with Crippen LogP contribution < -0.4 is 0 Å². The van der Waals surface area contributed by atoms with E-state index in [1.165, 1.54) is 32.5 Å². The lowest BCUT2D eigenvalue weighted by atomic mass is 9.92. The molecule has 0 bridgehead atoms. The van der Waals surface area contributed by atoms with Crippen LogP contribution in [0.2, 0.25) is 0 Å². The van der Waals surface area contributed by atoms with E-state index in [1.54, 1.807) is 11.1 Å². The highest BCUT2D eigenvalue weighted by Gasteiger charge is 2.38. The maximum absolute atomic E-state index is 2.47. The van der Waals surface area contributed by atoms with Gasteiger partial charge in [0.25, 0.3) is 0 Å². The number of fused-ring (bicyclic) bond motifs is 2. The molecule has 2 heterocycles. The first-order valence-electron chi connectivity index (χ1n) is 7.76. The Morgan fingerprint density at radius 3 is 2.16 bits per heavy atom. The highest BCUT2D eigenvalue weighted by Crippen LogP contribution is 2.36. The van der Waals surface area contributed by atoms with Crippen molar-refractivity contribution in [2.24, 2.45) is 17.8 Å². The molecule has 2 saturated heterocycles. The summed E-state index contributed by atoms with van der Waals surface area (Å²) in [6.07, 6.45) is 7.59. The second-order valence-corrected chi connectivity index (χ2v) is 7.27. The SMILES string of the molecule is CC1=CC2C(C1)CN2C.CC1=CC2CN(C)CC2C1. The topological polar surface area (TPSA) is 6.48 Å². The van der Waals surface area contributed by atoms with Crippen LogP contribution in [0.5, 0.6) is 0 Å². The van der Waals surface area contributed by atoms with Gasteiger partial charge in [0, 0.05) is 25.7 Å². The van der Waals surface area contributed by atoms with Crippen molar-refractivity contribution in [3.8, 4) is 0 Å². The van der Waals surface area contributed by atoms with Gasteiger partial charge in [0.05, 0.1) is 0 Å². The molecule has 2 aliphatic carbocycles. The Morgan fingerprint density at radius 1 is 0.895 bits per heavy atom. The smallest absolute Gasteiger partial charge is 0.0321 e. The molecule has 4 rings (SSSR count). The Labute approximate surface area is 118 Å². The molecule has 2 nitrogen and oxygen atoms in total. The molecular weight excluding hydrogens is 232 g/mol. The van der Waals surface area contributed by atoms with E-state index in [9.17, 15) is 0 Å². The Bertz CT molecular complexity index is 409. The lowest BCUT2D eigenvalue weighted by Crippen LogP contribution is -2.50. The van der Waals surface area contributed by atoms with Crippen LogP contribution in [-0.4, -0.2) is 49.6 Å². The molecule has 2 aliphatic heterocycles. The summed E-state index contributed by atoms with van der Waals surface area (Å²) in [5.41, 5.74) is 3.21. The summed E-state index contributed by atoms with van der Waals surface area (Å²) in [6, 6.07) is 0.810. The third kappa shape index (κ3) is 2.66. The van der Waals surface area contributed by atoms with E-state index in [2.05, 4.69) is 49.9 Å². The molecule has 106 valence electrons. The highest BCUT2D eigenvalue weighted by atomic mass is 15.2. The van der Waals surface area contributed by atoms with Crippen LogP contribution in [-0.2, 0) is 0 Å². The normalized spacial score (nSPS) is 40.8. The van der Waals surface area contributed by atoms with Gasteiger partial charge in [-0.25, -0.2) is 0 Å². The summed E-state index contributed by atoms with van der Waals surface area (Å²) in [7, 11) is 4.43. The second kappa shape index (κ2) is 5.06. The van der Waals surface area contributed by atoms with E-state index >= 15 is 0 Å². The predicted molar refractivity (Wildman–Crippen MR) is 81.1 cm³/mol. The van der Waals surface area contributed by atoms with Gasteiger partial charge >= 0.3 is 0 Å². The molecule has 2 fully saturated rings. The number of hydrogen-bond donors (Lipinski definition) is 0. The van der Waals surface area contributed by atoms with Crippen LogP contribution in [0, 0.1) is 17.8 Å². The number of hydrogen-bond acceptors (Lipinski definition) is 2. The molecule has 19 heavy (non-hydrogen) atoms. The zero-order valence-corrected chi connectivity index (χ0v) is 12.9. The van der Waals surface area contributed by atoms with Gasteiger partial charge in [-0.1, -0.05) is 23.3 Å². The first-order valence-corrected chi connectivity index (χ1v) is 7.76. The fourth-order valence-corrected chi connectivity index (χ4v) is 4.41. The van der Waals surface area contributed by atoms with E-state index in [4.69, 9.17) is 0 Å². The Morgan fingerprint density at radius 2 is 1.58 bits per heavy atom. The molecule has 0 aromatic rings. The third-order valence-electron chi connectivity index (χ3n) is 5.31. The third-order valence-corrected chi connectivity index (χ3v) is 5.31. The van der Waals surface area contributed by atoms with Crippen LogP contribution in [0.15, 0.2) is 23.3 Å². The first-order chi connectivity index (χ1) is 9.02. The molecule has 2 heteroatoms. The number of likely N-dealkylation sites (tertiary alicyclic amines) is 2. The van der Waals surface area contributed by atoms with Gasteiger partial charge in [0.15, 0.2) is 0 Å². The summed E-state index contributed by atoms with van der Waals surface area (Å²) < 4.78 is 0. The van der Waals surface area contributed by atoms with Crippen molar-refractivity contribution in [1.82, 2.24) is 9.80 Å². The van der Waals surface area contributed by atoms with Gasteiger partial charge in [-0.15, -0.1) is 0 Å². The van der Waals surface area contributed by atoms with Crippen molar-refractivity contribution in [2.45, 2.75) is 32.7 Å². The van der Waals surface area contributed by atoms with Gasteiger partial charge < -0.3 is 4.90 Å². The molecule has 0 aromatic heterocycles. The van der Waals surface area contributed by atoms with Crippen molar-refractivity contribution in [3.63, 3.8) is 0 Å². The van der Waals surface area contributed by atoms with Crippen molar-refractivity contribution in [1.29, 1.82) is 0 Å². The monoisotopic (exact) mass is 260 g/mol. The summed E-state index contributed by atoms with van der Waals surface area (Å²) in [4.78, 5) is 4.86. The summed E-state index contributed by atoms with van der Waals surface area (Å²) in [5, 5.41) is 0. The number of likely N-dealkylation sites (N-methyl/N-ethyl adjacent to an activating group) is 1. The van der Waals surface area contributed by atoms with E-state index in [0.29, 0.717) is 0 Å². The molecule has 4 aliphatic rings. The predicted octanol–water partition coefficient (Wildman–Crippen LogP) is 2.78. The second-order valence-electron chi connectivity index (χ2n) is 7.27. The average Bonchev–Trinajstić information content (AvgIpc) is 2.91. The quantitative estimate of drug-likeness (QED) is 0.618. The molecule has 4 unspecified atom stereocenters.